The fourth-order valence-corrected chi connectivity index (χ4v) is 2.30. The van der Waals surface area contributed by atoms with Crippen molar-refractivity contribution >= 4 is 0 Å². The van der Waals surface area contributed by atoms with Crippen LogP contribution in [-0.4, -0.2) is 16.7 Å². The van der Waals surface area contributed by atoms with Crippen LogP contribution in [-0.2, 0) is 6.54 Å². The Kier molecular flexibility index (Phi) is 5.32. The van der Waals surface area contributed by atoms with Crippen LogP contribution in [0.4, 0.5) is 0 Å². The molecule has 0 fully saturated rings. The number of rotatable bonds is 7. The monoisotopic (exact) mass is 274 g/mol. The van der Waals surface area contributed by atoms with Gasteiger partial charge in [0.1, 0.15) is 5.76 Å². The highest BCUT2D eigenvalue weighted by molar-refractivity contribution is 5.19. The molecule has 2 aromatic rings. The van der Waals surface area contributed by atoms with Crippen molar-refractivity contribution in [2.75, 3.05) is 6.61 Å². The molecule has 1 atom stereocenters. The van der Waals surface area contributed by atoms with Gasteiger partial charge in [0, 0.05) is 25.1 Å². The second-order valence-electron chi connectivity index (χ2n) is 5.17. The number of aliphatic hydroxyl groups is 1. The Morgan fingerprint density at radius 3 is 2.65 bits per heavy atom. The summed E-state index contributed by atoms with van der Waals surface area (Å²) in [6.45, 7) is 4.98. The molecule has 2 rings (SSSR count). The summed E-state index contributed by atoms with van der Waals surface area (Å²) in [6, 6.07) is 10.3. The summed E-state index contributed by atoms with van der Waals surface area (Å²) >= 11 is 0. The van der Waals surface area contributed by atoms with Crippen molar-refractivity contribution in [1.29, 1.82) is 0 Å². The summed E-state index contributed by atoms with van der Waals surface area (Å²) in [6.07, 6.45) is 2.18. The molecular weight excluding hydrogens is 252 g/mol. The van der Waals surface area contributed by atoms with Crippen LogP contribution in [0.3, 0.4) is 0 Å². The van der Waals surface area contributed by atoms with E-state index in [1.54, 1.807) is 0 Å². The molecule has 0 bridgehead atoms. The average Bonchev–Trinajstić information content (AvgIpc) is 2.93. The number of nitrogens with zero attached hydrogens (tertiary/aromatic N) is 1. The zero-order chi connectivity index (χ0) is 14.4. The van der Waals surface area contributed by atoms with Crippen molar-refractivity contribution in [3.05, 3.63) is 53.7 Å². The maximum Gasteiger partial charge on any atom is 0.181 e. The molecule has 0 aliphatic rings. The molecule has 4 heteroatoms. The van der Waals surface area contributed by atoms with Gasteiger partial charge in [-0.3, -0.25) is 0 Å². The molecule has 2 N–H and O–H groups in total. The topological polar surface area (TPSA) is 58.3 Å². The van der Waals surface area contributed by atoms with Crippen molar-refractivity contribution in [2.45, 2.75) is 38.8 Å². The number of hydrogen-bond acceptors (Lipinski definition) is 4. The number of aliphatic hydroxyl groups excluding tert-OH is 1. The van der Waals surface area contributed by atoms with Crippen molar-refractivity contribution < 1.29 is 9.52 Å². The zero-order valence-electron chi connectivity index (χ0n) is 12.0. The molecular formula is C16H22N2O2. The summed E-state index contributed by atoms with van der Waals surface area (Å²) in [7, 11) is 0. The Bertz CT molecular complexity index is 508. The van der Waals surface area contributed by atoms with E-state index in [1.165, 1.54) is 12.0 Å². The summed E-state index contributed by atoms with van der Waals surface area (Å²) in [5.74, 6) is 1.25. The molecule has 4 nitrogen and oxygen atoms in total. The summed E-state index contributed by atoms with van der Waals surface area (Å²) in [5.41, 5.74) is 2.12. The summed E-state index contributed by atoms with van der Waals surface area (Å²) in [4.78, 5) is 4.27. The highest BCUT2D eigenvalue weighted by Gasteiger charge is 2.15. The lowest BCUT2D eigenvalue weighted by Crippen LogP contribution is -2.22. The van der Waals surface area contributed by atoms with E-state index in [-0.39, 0.29) is 12.6 Å². The molecule has 0 spiro atoms. The van der Waals surface area contributed by atoms with Gasteiger partial charge in [-0.15, -0.1) is 0 Å². The van der Waals surface area contributed by atoms with Crippen LogP contribution in [0.25, 0.3) is 0 Å². The Labute approximate surface area is 119 Å². The first-order valence-electron chi connectivity index (χ1n) is 7.03. The van der Waals surface area contributed by atoms with Gasteiger partial charge in [0.2, 0.25) is 0 Å². The first kappa shape index (κ1) is 14.8. The van der Waals surface area contributed by atoms with E-state index in [0.29, 0.717) is 18.9 Å². The van der Waals surface area contributed by atoms with Gasteiger partial charge in [-0.25, -0.2) is 4.98 Å². The van der Waals surface area contributed by atoms with Gasteiger partial charge in [0.15, 0.2) is 6.39 Å². The van der Waals surface area contributed by atoms with E-state index < -0.39 is 0 Å². The van der Waals surface area contributed by atoms with E-state index in [2.05, 4.69) is 36.3 Å². The fourth-order valence-electron chi connectivity index (χ4n) is 2.30. The summed E-state index contributed by atoms with van der Waals surface area (Å²) in [5, 5.41) is 12.7. The third-order valence-electron chi connectivity index (χ3n) is 3.33. The number of aromatic nitrogens is 1. The van der Waals surface area contributed by atoms with Crippen molar-refractivity contribution in [3.8, 4) is 0 Å². The molecule has 0 radical (unpaired) electrons. The van der Waals surface area contributed by atoms with Gasteiger partial charge in [-0.05, 0) is 12.0 Å². The predicted molar refractivity (Wildman–Crippen MR) is 78.3 cm³/mol. The predicted octanol–water partition coefficient (Wildman–Crippen LogP) is 3.01. The second kappa shape index (κ2) is 7.22. The van der Waals surface area contributed by atoms with E-state index in [4.69, 9.17) is 4.42 Å². The fraction of sp³-hybridized carbons (Fsp3) is 0.438. The third-order valence-corrected chi connectivity index (χ3v) is 3.33. The molecule has 1 aromatic heterocycles. The average molecular weight is 274 g/mol. The van der Waals surface area contributed by atoms with Crippen LogP contribution >= 0.6 is 0 Å². The Hall–Kier alpha value is -1.65. The van der Waals surface area contributed by atoms with Crippen LogP contribution in [0.15, 0.2) is 41.1 Å². The number of nitrogens with one attached hydrogen (secondary N) is 1. The lowest BCUT2D eigenvalue weighted by Gasteiger charge is -2.18. The van der Waals surface area contributed by atoms with Crippen LogP contribution in [0.1, 0.15) is 49.2 Å². The minimum atomic E-state index is 0.123. The molecule has 0 amide bonds. The normalized spacial score (nSPS) is 12.8. The molecule has 1 aromatic carbocycles. The first-order chi connectivity index (χ1) is 9.72. The van der Waals surface area contributed by atoms with Gasteiger partial charge in [-0.2, -0.15) is 0 Å². The van der Waals surface area contributed by atoms with E-state index in [9.17, 15) is 5.11 Å². The van der Waals surface area contributed by atoms with Gasteiger partial charge >= 0.3 is 0 Å². The minimum absolute atomic E-state index is 0.123. The van der Waals surface area contributed by atoms with Crippen molar-refractivity contribution in [3.63, 3.8) is 0 Å². The van der Waals surface area contributed by atoms with E-state index in [1.807, 2.05) is 18.2 Å². The molecule has 0 saturated carbocycles. The third kappa shape index (κ3) is 3.68. The lowest BCUT2D eigenvalue weighted by molar-refractivity contribution is 0.264. The van der Waals surface area contributed by atoms with Crippen molar-refractivity contribution in [2.24, 2.45) is 0 Å². The Morgan fingerprint density at radius 1 is 1.25 bits per heavy atom. The van der Waals surface area contributed by atoms with Crippen LogP contribution in [0, 0.1) is 0 Å². The van der Waals surface area contributed by atoms with Gasteiger partial charge in [0.25, 0.3) is 0 Å². The van der Waals surface area contributed by atoms with Gasteiger partial charge in [0.05, 0.1) is 5.69 Å². The molecule has 108 valence electrons. The standard InChI is InChI=1S/C16H22N2O2/c1-12(2)16-15(18-11-20-16)10-17-14(8-9-19)13-6-4-3-5-7-13/h3-7,11-12,14,17,19H,8-10H2,1-2H3. The zero-order valence-corrected chi connectivity index (χ0v) is 12.0. The maximum absolute atomic E-state index is 9.22. The largest absolute Gasteiger partial charge is 0.448 e. The van der Waals surface area contributed by atoms with Crippen molar-refractivity contribution in [1.82, 2.24) is 10.3 Å². The number of benzene rings is 1. The highest BCUT2D eigenvalue weighted by atomic mass is 16.3. The molecule has 0 aliphatic heterocycles. The van der Waals surface area contributed by atoms with Gasteiger partial charge < -0.3 is 14.8 Å². The lowest BCUT2D eigenvalue weighted by atomic mass is 10.0. The van der Waals surface area contributed by atoms with Crippen LogP contribution in [0.5, 0.6) is 0 Å². The second-order valence-corrected chi connectivity index (χ2v) is 5.17. The molecule has 1 unspecified atom stereocenters. The molecule has 0 aliphatic carbocycles. The quantitative estimate of drug-likeness (QED) is 0.815. The Balaban J connectivity index is 2.04. The number of oxazole rings is 1. The first-order valence-corrected chi connectivity index (χ1v) is 7.03. The summed E-state index contributed by atoms with van der Waals surface area (Å²) < 4.78 is 5.42. The highest BCUT2D eigenvalue weighted by Crippen LogP contribution is 2.20. The maximum atomic E-state index is 9.22. The molecule has 20 heavy (non-hydrogen) atoms. The minimum Gasteiger partial charge on any atom is -0.448 e. The Morgan fingerprint density at radius 2 is 2.00 bits per heavy atom. The molecule has 1 heterocycles. The SMILES string of the molecule is CC(C)c1ocnc1CNC(CCO)c1ccccc1. The van der Waals surface area contributed by atoms with Gasteiger partial charge in [-0.1, -0.05) is 44.2 Å². The molecule has 0 saturated heterocycles. The van der Waals surface area contributed by atoms with E-state index >= 15 is 0 Å². The number of hydrogen-bond donors (Lipinski definition) is 2. The smallest absolute Gasteiger partial charge is 0.181 e. The van der Waals surface area contributed by atoms with E-state index in [0.717, 1.165) is 11.5 Å². The van der Waals surface area contributed by atoms with Crippen LogP contribution < -0.4 is 5.32 Å². The van der Waals surface area contributed by atoms with Crippen LogP contribution in [0.2, 0.25) is 0 Å².